The lowest BCUT2D eigenvalue weighted by Gasteiger charge is -2.21. The maximum absolute atomic E-state index is 11.4. The van der Waals surface area contributed by atoms with Crippen LogP contribution in [0.5, 0.6) is 0 Å². The van der Waals surface area contributed by atoms with Gasteiger partial charge < -0.3 is 16.4 Å². The molecule has 1 fully saturated rings. The Kier molecular flexibility index (Phi) is 3.69. The van der Waals surface area contributed by atoms with Crippen molar-refractivity contribution in [3.8, 4) is 0 Å². The van der Waals surface area contributed by atoms with Gasteiger partial charge in [0.25, 0.3) is 5.91 Å². The molecule has 5 heteroatoms. The Morgan fingerprint density at radius 2 is 2.29 bits per heavy atom. The first-order valence-electron chi connectivity index (χ1n) is 5.66. The van der Waals surface area contributed by atoms with Gasteiger partial charge in [0.1, 0.15) is 0 Å². The van der Waals surface area contributed by atoms with E-state index in [2.05, 4.69) is 20.8 Å². The standard InChI is InChI=1S/C12H16BrN3O/c13-9-1-2-10(12(15)17)11(5-9)16-4-3-8(6-14)7-16/h1-2,5,8H,3-4,6-7,14H2,(H2,15,17). The lowest BCUT2D eigenvalue weighted by molar-refractivity contribution is 0.100. The number of primary amides is 1. The predicted molar refractivity (Wildman–Crippen MR) is 72.0 cm³/mol. The number of carbonyl (C=O) groups is 1. The predicted octanol–water partition coefficient (Wildman–Crippen LogP) is 1.33. The molecule has 1 amide bonds. The van der Waals surface area contributed by atoms with Gasteiger partial charge in [-0.2, -0.15) is 0 Å². The lowest BCUT2D eigenvalue weighted by atomic mass is 10.1. The first-order chi connectivity index (χ1) is 8.11. The summed E-state index contributed by atoms with van der Waals surface area (Å²) in [6.45, 7) is 2.52. The van der Waals surface area contributed by atoms with Crippen LogP contribution in [-0.4, -0.2) is 25.5 Å². The molecule has 17 heavy (non-hydrogen) atoms. The van der Waals surface area contributed by atoms with Gasteiger partial charge in [0.2, 0.25) is 0 Å². The topological polar surface area (TPSA) is 72.3 Å². The van der Waals surface area contributed by atoms with Crippen molar-refractivity contribution in [2.24, 2.45) is 17.4 Å². The van der Waals surface area contributed by atoms with Gasteiger partial charge in [-0.25, -0.2) is 0 Å². The molecule has 4 nitrogen and oxygen atoms in total. The molecule has 1 atom stereocenters. The van der Waals surface area contributed by atoms with Crippen molar-refractivity contribution < 1.29 is 4.79 Å². The third kappa shape index (κ3) is 2.61. The smallest absolute Gasteiger partial charge is 0.250 e. The summed E-state index contributed by atoms with van der Waals surface area (Å²) in [6, 6.07) is 5.54. The minimum atomic E-state index is -0.385. The van der Waals surface area contributed by atoms with Gasteiger partial charge in [0.15, 0.2) is 0 Å². The number of nitrogens with two attached hydrogens (primary N) is 2. The molecular weight excluding hydrogens is 282 g/mol. The van der Waals surface area contributed by atoms with E-state index in [1.165, 1.54) is 0 Å². The zero-order valence-corrected chi connectivity index (χ0v) is 11.1. The van der Waals surface area contributed by atoms with Crippen LogP contribution in [0.4, 0.5) is 5.69 Å². The summed E-state index contributed by atoms with van der Waals surface area (Å²) < 4.78 is 0.952. The van der Waals surface area contributed by atoms with Crippen LogP contribution in [0.3, 0.4) is 0 Å². The second-order valence-electron chi connectivity index (χ2n) is 4.36. The van der Waals surface area contributed by atoms with Gasteiger partial charge in [-0.05, 0) is 37.1 Å². The highest BCUT2D eigenvalue weighted by molar-refractivity contribution is 9.10. The van der Waals surface area contributed by atoms with Crippen molar-refractivity contribution in [1.82, 2.24) is 0 Å². The molecule has 1 unspecified atom stereocenters. The SMILES string of the molecule is NCC1CCN(c2cc(Br)ccc2C(N)=O)C1. The zero-order chi connectivity index (χ0) is 12.4. The molecule has 1 aliphatic rings. The molecule has 0 aliphatic carbocycles. The number of benzene rings is 1. The number of hydrogen-bond acceptors (Lipinski definition) is 3. The van der Waals surface area contributed by atoms with Gasteiger partial charge in [-0.1, -0.05) is 15.9 Å². The van der Waals surface area contributed by atoms with Crippen LogP contribution in [-0.2, 0) is 0 Å². The van der Waals surface area contributed by atoms with E-state index < -0.39 is 0 Å². The van der Waals surface area contributed by atoms with Crippen molar-refractivity contribution >= 4 is 27.5 Å². The van der Waals surface area contributed by atoms with Gasteiger partial charge in [0.05, 0.1) is 11.3 Å². The first-order valence-corrected chi connectivity index (χ1v) is 6.45. The van der Waals surface area contributed by atoms with E-state index in [4.69, 9.17) is 11.5 Å². The third-order valence-electron chi connectivity index (χ3n) is 3.19. The van der Waals surface area contributed by atoms with E-state index in [0.717, 1.165) is 29.7 Å². The number of amides is 1. The quantitative estimate of drug-likeness (QED) is 0.884. The molecule has 0 spiro atoms. The largest absolute Gasteiger partial charge is 0.371 e. The molecule has 1 aromatic carbocycles. The number of hydrogen-bond donors (Lipinski definition) is 2. The van der Waals surface area contributed by atoms with Gasteiger partial charge in [-0.3, -0.25) is 4.79 Å². The van der Waals surface area contributed by atoms with Crippen molar-refractivity contribution in [2.45, 2.75) is 6.42 Å². The fourth-order valence-corrected chi connectivity index (χ4v) is 2.57. The molecule has 92 valence electrons. The van der Waals surface area contributed by atoms with Gasteiger partial charge in [0, 0.05) is 17.6 Å². The Morgan fingerprint density at radius 1 is 1.53 bits per heavy atom. The third-order valence-corrected chi connectivity index (χ3v) is 3.68. The Bertz CT molecular complexity index is 436. The van der Waals surface area contributed by atoms with Crippen LogP contribution in [0.15, 0.2) is 22.7 Å². The molecule has 1 saturated heterocycles. The zero-order valence-electron chi connectivity index (χ0n) is 9.53. The van der Waals surface area contributed by atoms with Crippen LogP contribution in [0, 0.1) is 5.92 Å². The van der Waals surface area contributed by atoms with Crippen LogP contribution < -0.4 is 16.4 Å². The second kappa shape index (κ2) is 5.06. The van der Waals surface area contributed by atoms with Gasteiger partial charge in [-0.15, -0.1) is 0 Å². The minimum Gasteiger partial charge on any atom is -0.371 e. The van der Waals surface area contributed by atoms with Crippen LogP contribution in [0.1, 0.15) is 16.8 Å². The second-order valence-corrected chi connectivity index (χ2v) is 5.28. The minimum absolute atomic E-state index is 0.385. The van der Waals surface area contributed by atoms with Crippen LogP contribution in [0.25, 0.3) is 0 Å². The lowest BCUT2D eigenvalue weighted by Crippen LogP contribution is -2.25. The number of carbonyl (C=O) groups excluding carboxylic acids is 1. The fraction of sp³-hybridized carbons (Fsp3) is 0.417. The highest BCUT2D eigenvalue weighted by atomic mass is 79.9. The highest BCUT2D eigenvalue weighted by Crippen LogP contribution is 2.29. The first kappa shape index (κ1) is 12.4. The molecule has 0 radical (unpaired) electrons. The molecule has 0 aromatic heterocycles. The highest BCUT2D eigenvalue weighted by Gasteiger charge is 2.24. The Balaban J connectivity index is 2.31. The number of anilines is 1. The normalized spacial score (nSPS) is 19.6. The molecule has 1 aliphatic heterocycles. The summed E-state index contributed by atoms with van der Waals surface area (Å²) >= 11 is 3.42. The Labute approximate surface area is 109 Å². The number of halogens is 1. The Hall–Kier alpha value is -1.07. The van der Waals surface area contributed by atoms with E-state index in [-0.39, 0.29) is 5.91 Å². The molecule has 1 heterocycles. The van der Waals surface area contributed by atoms with Crippen molar-refractivity contribution in [2.75, 3.05) is 24.5 Å². The van der Waals surface area contributed by atoms with Crippen molar-refractivity contribution in [3.63, 3.8) is 0 Å². The molecular formula is C12H16BrN3O. The van der Waals surface area contributed by atoms with E-state index in [0.29, 0.717) is 18.0 Å². The number of nitrogens with zero attached hydrogens (tertiary/aromatic N) is 1. The Morgan fingerprint density at radius 3 is 2.88 bits per heavy atom. The van der Waals surface area contributed by atoms with Crippen molar-refractivity contribution in [3.05, 3.63) is 28.2 Å². The van der Waals surface area contributed by atoms with Crippen LogP contribution in [0.2, 0.25) is 0 Å². The average Bonchev–Trinajstić information content (AvgIpc) is 2.76. The summed E-state index contributed by atoms with van der Waals surface area (Å²) in [5.41, 5.74) is 12.5. The molecule has 1 aromatic rings. The monoisotopic (exact) mass is 297 g/mol. The van der Waals surface area contributed by atoms with Crippen LogP contribution >= 0.6 is 15.9 Å². The fourth-order valence-electron chi connectivity index (χ4n) is 2.22. The van der Waals surface area contributed by atoms with E-state index in [1.54, 1.807) is 6.07 Å². The number of rotatable bonds is 3. The summed E-state index contributed by atoms with van der Waals surface area (Å²) in [5.74, 6) is 0.124. The summed E-state index contributed by atoms with van der Waals surface area (Å²) in [7, 11) is 0. The molecule has 2 rings (SSSR count). The molecule has 0 bridgehead atoms. The van der Waals surface area contributed by atoms with Gasteiger partial charge >= 0.3 is 0 Å². The average molecular weight is 298 g/mol. The molecule has 0 saturated carbocycles. The maximum atomic E-state index is 11.4. The summed E-state index contributed by atoms with van der Waals surface area (Å²) in [4.78, 5) is 13.6. The van der Waals surface area contributed by atoms with E-state index in [9.17, 15) is 4.79 Å². The van der Waals surface area contributed by atoms with E-state index in [1.807, 2.05) is 12.1 Å². The maximum Gasteiger partial charge on any atom is 0.250 e. The summed E-state index contributed by atoms with van der Waals surface area (Å²) in [6.07, 6.45) is 1.07. The molecule has 4 N–H and O–H groups in total. The van der Waals surface area contributed by atoms with Crippen molar-refractivity contribution in [1.29, 1.82) is 0 Å². The summed E-state index contributed by atoms with van der Waals surface area (Å²) in [5, 5.41) is 0. The van der Waals surface area contributed by atoms with E-state index >= 15 is 0 Å².